The van der Waals surface area contributed by atoms with Crippen LogP contribution in [0.5, 0.6) is 0 Å². The molecule has 1 aliphatic rings. The molecular formula is C8H16N4O2. The number of carbonyl (C=O) groups is 1. The average Bonchev–Trinajstić information content (AvgIpc) is 2.66. The Bertz CT molecular complexity index is 219. The first-order valence-corrected chi connectivity index (χ1v) is 4.64. The van der Waals surface area contributed by atoms with E-state index in [0.29, 0.717) is 0 Å². The van der Waals surface area contributed by atoms with Crippen LogP contribution in [0.4, 0.5) is 0 Å². The first-order valence-electron chi connectivity index (χ1n) is 4.64. The van der Waals surface area contributed by atoms with E-state index < -0.39 is 6.04 Å². The van der Waals surface area contributed by atoms with E-state index in [1.54, 1.807) is 5.12 Å². The molecule has 80 valence electrons. The fourth-order valence-corrected chi connectivity index (χ4v) is 1.10. The summed E-state index contributed by atoms with van der Waals surface area (Å²) in [4.78, 5) is 11.1. The lowest BCUT2D eigenvalue weighted by Gasteiger charge is -2.16. The second-order valence-corrected chi connectivity index (χ2v) is 2.87. The van der Waals surface area contributed by atoms with Crippen LogP contribution in [-0.2, 0) is 9.53 Å². The van der Waals surface area contributed by atoms with Crippen molar-refractivity contribution in [2.75, 3.05) is 26.7 Å². The highest BCUT2D eigenvalue weighted by molar-refractivity contribution is 5.94. The number of ether oxygens (including phenoxy) is 1. The lowest BCUT2D eigenvalue weighted by Crippen LogP contribution is -2.43. The molecule has 0 saturated carbocycles. The lowest BCUT2D eigenvalue weighted by atomic mass is 10.3. The zero-order chi connectivity index (χ0) is 10.4. The van der Waals surface area contributed by atoms with E-state index in [0.717, 1.165) is 19.6 Å². The lowest BCUT2D eigenvalue weighted by molar-refractivity contribution is -0.141. The number of nitrogens with one attached hydrogen (secondary N) is 2. The minimum absolute atomic E-state index is 0.320. The summed E-state index contributed by atoms with van der Waals surface area (Å²) in [5, 5.41) is 8.81. The van der Waals surface area contributed by atoms with Crippen LogP contribution < -0.4 is 10.7 Å². The van der Waals surface area contributed by atoms with Gasteiger partial charge in [0, 0.05) is 6.54 Å². The van der Waals surface area contributed by atoms with Crippen molar-refractivity contribution in [1.29, 1.82) is 0 Å². The third-order valence-corrected chi connectivity index (χ3v) is 1.85. The summed E-state index contributed by atoms with van der Waals surface area (Å²) in [6.07, 6.45) is 1.54. The van der Waals surface area contributed by atoms with Crippen molar-refractivity contribution < 1.29 is 9.53 Å². The molecule has 1 atom stereocenters. The molecule has 0 saturated heterocycles. The van der Waals surface area contributed by atoms with Gasteiger partial charge in [0.2, 0.25) is 0 Å². The molecule has 6 nitrogen and oxygen atoms in total. The van der Waals surface area contributed by atoms with Gasteiger partial charge in [-0.3, -0.25) is 0 Å². The number of likely N-dealkylation sites (N-methyl/N-ethyl adjacent to an activating group) is 1. The van der Waals surface area contributed by atoms with Crippen LogP contribution in [0.2, 0.25) is 0 Å². The van der Waals surface area contributed by atoms with E-state index in [9.17, 15) is 4.79 Å². The van der Waals surface area contributed by atoms with E-state index in [-0.39, 0.29) is 5.97 Å². The van der Waals surface area contributed by atoms with Gasteiger partial charge in [0.25, 0.3) is 0 Å². The van der Waals surface area contributed by atoms with Gasteiger partial charge in [-0.1, -0.05) is 6.92 Å². The van der Waals surface area contributed by atoms with Crippen LogP contribution in [0.3, 0.4) is 0 Å². The Balaban J connectivity index is 2.22. The number of hydrogen-bond donors (Lipinski definition) is 2. The third kappa shape index (κ3) is 2.97. The van der Waals surface area contributed by atoms with E-state index in [4.69, 9.17) is 0 Å². The third-order valence-electron chi connectivity index (χ3n) is 1.85. The summed E-state index contributed by atoms with van der Waals surface area (Å²) in [6.45, 7) is 4.52. The maximum atomic E-state index is 11.1. The molecule has 0 bridgehead atoms. The molecular weight excluding hydrogens is 184 g/mol. The average molecular weight is 200 g/mol. The molecule has 0 aliphatic carbocycles. The zero-order valence-corrected chi connectivity index (χ0v) is 8.49. The van der Waals surface area contributed by atoms with Crippen molar-refractivity contribution in [2.24, 2.45) is 5.10 Å². The molecule has 1 unspecified atom stereocenters. The van der Waals surface area contributed by atoms with E-state index >= 15 is 0 Å². The van der Waals surface area contributed by atoms with Gasteiger partial charge >= 0.3 is 5.97 Å². The Morgan fingerprint density at radius 2 is 2.57 bits per heavy atom. The number of esters is 1. The highest BCUT2D eigenvalue weighted by Gasteiger charge is 2.23. The topological polar surface area (TPSA) is 66.0 Å². The van der Waals surface area contributed by atoms with Crippen molar-refractivity contribution >= 4 is 12.2 Å². The van der Waals surface area contributed by atoms with Crippen molar-refractivity contribution in [2.45, 2.75) is 13.0 Å². The summed E-state index contributed by atoms with van der Waals surface area (Å²) in [5.74, 6) is -0.320. The van der Waals surface area contributed by atoms with Gasteiger partial charge in [0.15, 0.2) is 6.04 Å². The molecule has 0 aromatic rings. The molecule has 0 radical (unpaired) electrons. The fraction of sp³-hybridized carbons (Fsp3) is 0.750. The second-order valence-electron chi connectivity index (χ2n) is 2.87. The first kappa shape index (κ1) is 10.9. The predicted octanol–water partition coefficient (Wildman–Crippen LogP) is -1.06. The van der Waals surface area contributed by atoms with Gasteiger partial charge in [0.05, 0.1) is 19.9 Å². The van der Waals surface area contributed by atoms with Gasteiger partial charge in [-0.2, -0.15) is 10.5 Å². The van der Waals surface area contributed by atoms with Gasteiger partial charge < -0.3 is 10.1 Å². The molecule has 0 aromatic carbocycles. The quantitative estimate of drug-likeness (QED) is 0.437. The van der Waals surface area contributed by atoms with Crippen LogP contribution in [0.25, 0.3) is 0 Å². The van der Waals surface area contributed by atoms with E-state index in [1.807, 2.05) is 6.92 Å². The van der Waals surface area contributed by atoms with Crippen molar-refractivity contribution in [3.8, 4) is 0 Å². The number of hydrazine groups is 1. The summed E-state index contributed by atoms with van der Waals surface area (Å²) < 4.78 is 4.57. The molecule has 1 aliphatic heterocycles. The Kier molecular flexibility index (Phi) is 4.34. The Morgan fingerprint density at radius 3 is 3.21 bits per heavy atom. The maximum absolute atomic E-state index is 11.1. The van der Waals surface area contributed by atoms with E-state index in [2.05, 4.69) is 20.6 Å². The monoisotopic (exact) mass is 200 g/mol. The minimum atomic E-state index is -0.443. The number of methoxy groups -OCH3 is 1. The predicted molar refractivity (Wildman–Crippen MR) is 52.7 cm³/mol. The molecule has 0 fully saturated rings. The normalized spacial score (nSPS) is 20.1. The Hall–Kier alpha value is -1.14. The van der Waals surface area contributed by atoms with Crippen LogP contribution in [0, 0.1) is 0 Å². The van der Waals surface area contributed by atoms with Gasteiger partial charge in [-0.15, -0.1) is 0 Å². The smallest absolute Gasteiger partial charge is 0.330 e. The van der Waals surface area contributed by atoms with Gasteiger partial charge in [-0.05, 0) is 6.54 Å². The van der Waals surface area contributed by atoms with Crippen LogP contribution in [0.1, 0.15) is 6.92 Å². The van der Waals surface area contributed by atoms with Crippen molar-refractivity contribution in [3.05, 3.63) is 0 Å². The Labute approximate surface area is 83.3 Å². The highest BCUT2D eigenvalue weighted by atomic mass is 16.5. The molecule has 0 aromatic heterocycles. The number of rotatable bonds is 5. The largest absolute Gasteiger partial charge is 0.468 e. The van der Waals surface area contributed by atoms with E-state index in [1.165, 1.54) is 13.3 Å². The molecule has 1 rings (SSSR count). The molecule has 2 N–H and O–H groups in total. The van der Waals surface area contributed by atoms with Crippen molar-refractivity contribution in [1.82, 2.24) is 15.9 Å². The molecule has 14 heavy (non-hydrogen) atoms. The summed E-state index contributed by atoms with van der Waals surface area (Å²) in [5.41, 5.74) is 2.90. The minimum Gasteiger partial charge on any atom is -0.468 e. The summed E-state index contributed by atoms with van der Waals surface area (Å²) in [6, 6.07) is -0.443. The molecule has 1 heterocycles. The molecule has 0 amide bonds. The fourth-order valence-electron chi connectivity index (χ4n) is 1.10. The van der Waals surface area contributed by atoms with Crippen LogP contribution in [-0.4, -0.2) is 50.1 Å². The Morgan fingerprint density at radius 1 is 1.79 bits per heavy atom. The zero-order valence-electron chi connectivity index (χ0n) is 8.49. The number of carbonyl (C=O) groups excluding carboxylic acids is 1. The first-order chi connectivity index (χ1) is 6.77. The van der Waals surface area contributed by atoms with Crippen LogP contribution >= 0.6 is 0 Å². The highest BCUT2D eigenvalue weighted by Crippen LogP contribution is 1.97. The molecule has 6 heteroatoms. The summed E-state index contributed by atoms with van der Waals surface area (Å²) in [7, 11) is 1.36. The SMILES string of the molecule is CCNCCN1N=CC(C(=O)OC)N1. The second kappa shape index (κ2) is 5.56. The standard InChI is InChI=1S/C8H16N4O2/c1-3-9-4-5-12-10-6-7(11-12)8(13)14-2/h6-7,9,11H,3-5H2,1-2H3. The summed E-state index contributed by atoms with van der Waals surface area (Å²) >= 11 is 0. The number of nitrogens with zero attached hydrogens (tertiary/aromatic N) is 2. The molecule has 0 spiro atoms. The van der Waals surface area contributed by atoms with Crippen LogP contribution in [0.15, 0.2) is 5.10 Å². The van der Waals surface area contributed by atoms with Crippen molar-refractivity contribution in [3.63, 3.8) is 0 Å². The number of hydrazone groups is 1. The number of hydrogen-bond acceptors (Lipinski definition) is 6. The maximum Gasteiger partial charge on any atom is 0.330 e. The van der Waals surface area contributed by atoms with Gasteiger partial charge in [-0.25, -0.2) is 9.91 Å². The van der Waals surface area contributed by atoms with Gasteiger partial charge in [0.1, 0.15) is 0 Å².